The van der Waals surface area contributed by atoms with Crippen LogP contribution in [0.15, 0.2) is 11.2 Å². The van der Waals surface area contributed by atoms with Crippen molar-refractivity contribution in [1.82, 2.24) is 9.97 Å². The van der Waals surface area contributed by atoms with E-state index >= 15 is 0 Å². The third-order valence-electron chi connectivity index (χ3n) is 2.56. The van der Waals surface area contributed by atoms with Gasteiger partial charge in [0.1, 0.15) is 11.0 Å². The van der Waals surface area contributed by atoms with Crippen LogP contribution in [0.2, 0.25) is 5.15 Å². The van der Waals surface area contributed by atoms with Crippen LogP contribution in [-0.4, -0.2) is 22.8 Å². The summed E-state index contributed by atoms with van der Waals surface area (Å²) in [7, 11) is 0. The van der Waals surface area contributed by atoms with Crippen LogP contribution in [0.5, 0.6) is 0 Å². The van der Waals surface area contributed by atoms with Gasteiger partial charge >= 0.3 is 0 Å². The molecule has 0 spiro atoms. The normalized spacial score (nSPS) is 11.6. The van der Waals surface area contributed by atoms with E-state index in [0.29, 0.717) is 10.3 Å². The van der Waals surface area contributed by atoms with E-state index in [9.17, 15) is 0 Å². The Bertz CT molecular complexity index is 355. The molecule has 90 valence electrons. The molecular weight excluding hydrogens is 242 g/mol. The molecule has 0 aliphatic rings. The Morgan fingerprint density at radius 2 is 2.12 bits per heavy atom. The van der Waals surface area contributed by atoms with E-state index in [4.69, 9.17) is 11.6 Å². The molecule has 0 aromatic carbocycles. The largest absolute Gasteiger partial charge is 0.369 e. The van der Waals surface area contributed by atoms with Gasteiger partial charge in [0.05, 0.1) is 0 Å². The number of nitrogens with one attached hydrogen (secondary N) is 1. The zero-order valence-electron chi connectivity index (χ0n) is 10.2. The molecule has 1 N–H and O–H groups in total. The first kappa shape index (κ1) is 13.6. The van der Waals surface area contributed by atoms with Crippen LogP contribution in [0.3, 0.4) is 0 Å². The Morgan fingerprint density at radius 1 is 1.44 bits per heavy atom. The smallest absolute Gasteiger partial charge is 0.190 e. The van der Waals surface area contributed by atoms with Crippen LogP contribution in [-0.2, 0) is 0 Å². The highest BCUT2D eigenvalue weighted by Gasteiger charge is 2.15. The van der Waals surface area contributed by atoms with Crippen molar-refractivity contribution < 1.29 is 0 Å². The molecule has 0 amide bonds. The highest BCUT2D eigenvalue weighted by Crippen LogP contribution is 2.22. The van der Waals surface area contributed by atoms with Crippen LogP contribution in [0, 0.1) is 5.41 Å². The fourth-order valence-corrected chi connectivity index (χ4v) is 1.65. The second-order valence-electron chi connectivity index (χ2n) is 4.43. The molecule has 0 saturated heterocycles. The minimum absolute atomic E-state index is 0.261. The van der Waals surface area contributed by atoms with Crippen molar-refractivity contribution in [2.45, 2.75) is 32.3 Å². The number of halogens is 1. The fraction of sp³-hybridized carbons (Fsp3) is 0.636. The molecule has 3 nitrogen and oxygen atoms in total. The summed E-state index contributed by atoms with van der Waals surface area (Å²) in [6, 6.07) is 1.76. The lowest BCUT2D eigenvalue weighted by Gasteiger charge is -2.23. The van der Waals surface area contributed by atoms with Gasteiger partial charge in [-0.05, 0) is 18.1 Å². The Balaban J connectivity index is 2.70. The van der Waals surface area contributed by atoms with Crippen molar-refractivity contribution in [2.75, 3.05) is 18.1 Å². The van der Waals surface area contributed by atoms with E-state index in [-0.39, 0.29) is 5.41 Å². The molecule has 0 bridgehead atoms. The first-order chi connectivity index (χ1) is 7.46. The maximum absolute atomic E-state index is 5.91. The molecule has 1 rings (SSSR count). The summed E-state index contributed by atoms with van der Waals surface area (Å²) in [5, 5.41) is 4.48. The van der Waals surface area contributed by atoms with Crippen molar-refractivity contribution in [2.24, 2.45) is 5.41 Å². The Labute approximate surface area is 106 Å². The van der Waals surface area contributed by atoms with E-state index in [1.54, 1.807) is 6.07 Å². The molecular formula is C11H18ClN3S. The van der Waals surface area contributed by atoms with Crippen LogP contribution in [0.1, 0.15) is 27.2 Å². The standard InChI is InChI=1S/C11H18ClN3S/c1-5-11(2,3)7-13-9-6-8(12)14-10(15-9)16-4/h6H,5,7H2,1-4H3,(H,13,14,15). The third-order valence-corrected chi connectivity index (χ3v) is 3.30. The number of thioether (sulfide) groups is 1. The Morgan fingerprint density at radius 3 is 2.69 bits per heavy atom. The van der Waals surface area contributed by atoms with Gasteiger partial charge < -0.3 is 5.32 Å². The van der Waals surface area contributed by atoms with Crippen LogP contribution < -0.4 is 5.32 Å². The van der Waals surface area contributed by atoms with Crippen molar-refractivity contribution in [3.05, 3.63) is 11.2 Å². The van der Waals surface area contributed by atoms with Crippen molar-refractivity contribution in [1.29, 1.82) is 0 Å². The third kappa shape index (κ3) is 4.18. The van der Waals surface area contributed by atoms with Crippen LogP contribution in [0.4, 0.5) is 5.82 Å². The van der Waals surface area contributed by atoms with E-state index < -0.39 is 0 Å². The second-order valence-corrected chi connectivity index (χ2v) is 5.59. The van der Waals surface area contributed by atoms with Gasteiger partial charge in [0.25, 0.3) is 0 Å². The van der Waals surface area contributed by atoms with Crippen molar-refractivity contribution in [3.63, 3.8) is 0 Å². The summed E-state index contributed by atoms with van der Waals surface area (Å²) in [6.45, 7) is 7.50. The molecule has 1 aromatic heterocycles. The predicted molar refractivity (Wildman–Crippen MR) is 71.4 cm³/mol. The summed E-state index contributed by atoms with van der Waals surface area (Å²) < 4.78 is 0. The van der Waals surface area contributed by atoms with Crippen molar-refractivity contribution >= 4 is 29.2 Å². The summed E-state index contributed by atoms with van der Waals surface area (Å²) in [6.07, 6.45) is 3.06. The average Bonchev–Trinajstić information content (AvgIpc) is 2.26. The van der Waals surface area contributed by atoms with Gasteiger partial charge in [0.15, 0.2) is 5.16 Å². The van der Waals surface area contributed by atoms with Crippen molar-refractivity contribution in [3.8, 4) is 0 Å². The molecule has 1 aromatic rings. The van der Waals surface area contributed by atoms with Crippen LogP contribution >= 0.6 is 23.4 Å². The number of hydrogen-bond acceptors (Lipinski definition) is 4. The molecule has 1 heterocycles. The second kappa shape index (κ2) is 5.73. The molecule has 0 aliphatic carbocycles. The molecule has 0 fully saturated rings. The number of rotatable bonds is 5. The Kier molecular flexibility index (Phi) is 4.87. The van der Waals surface area contributed by atoms with E-state index in [2.05, 4.69) is 36.1 Å². The number of aromatic nitrogens is 2. The lowest BCUT2D eigenvalue weighted by molar-refractivity contribution is 0.376. The fourth-order valence-electron chi connectivity index (χ4n) is 1.03. The first-order valence-corrected chi connectivity index (χ1v) is 6.89. The number of anilines is 1. The summed E-state index contributed by atoms with van der Waals surface area (Å²) in [5.74, 6) is 0.797. The minimum Gasteiger partial charge on any atom is -0.369 e. The molecule has 5 heteroatoms. The number of nitrogens with zero attached hydrogens (tertiary/aromatic N) is 2. The van der Waals surface area contributed by atoms with Crippen LogP contribution in [0.25, 0.3) is 0 Å². The maximum Gasteiger partial charge on any atom is 0.190 e. The molecule has 0 unspecified atom stereocenters. The summed E-state index contributed by atoms with van der Waals surface area (Å²) in [4.78, 5) is 8.44. The molecule has 16 heavy (non-hydrogen) atoms. The number of hydrogen-bond donors (Lipinski definition) is 1. The van der Waals surface area contributed by atoms with Gasteiger partial charge in [0, 0.05) is 12.6 Å². The topological polar surface area (TPSA) is 37.8 Å². The monoisotopic (exact) mass is 259 g/mol. The lowest BCUT2D eigenvalue weighted by Crippen LogP contribution is -2.22. The SMILES string of the molecule is CCC(C)(C)CNc1cc(Cl)nc(SC)n1. The highest BCUT2D eigenvalue weighted by atomic mass is 35.5. The van der Waals surface area contributed by atoms with Gasteiger partial charge in [-0.3, -0.25) is 0 Å². The van der Waals surface area contributed by atoms with Gasteiger partial charge in [-0.1, -0.05) is 44.1 Å². The predicted octanol–water partition coefficient (Wildman–Crippen LogP) is 3.70. The minimum atomic E-state index is 0.261. The van der Waals surface area contributed by atoms with E-state index in [1.165, 1.54) is 11.8 Å². The summed E-state index contributed by atoms with van der Waals surface area (Å²) >= 11 is 7.40. The first-order valence-electron chi connectivity index (χ1n) is 5.29. The molecule has 0 aliphatic heterocycles. The van der Waals surface area contributed by atoms with E-state index in [0.717, 1.165) is 18.8 Å². The highest BCUT2D eigenvalue weighted by molar-refractivity contribution is 7.98. The summed E-state index contributed by atoms with van der Waals surface area (Å²) in [5.41, 5.74) is 0.261. The Hall–Kier alpha value is -0.480. The van der Waals surface area contributed by atoms with E-state index in [1.807, 2.05) is 6.26 Å². The quantitative estimate of drug-likeness (QED) is 0.497. The average molecular weight is 260 g/mol. The lowest BCUT2D eigenvalue weighted by atomic mass is 9.90. The zero-order valence-corrected chi connectivity index (χ0v) is 11.7. The van der Waals surface area contributed by atoms with Gasteiger partial charge in [-0.25, -0.2) is 9.97 Å². The molecule has 0 saturated carbocycles. The van der Waals surface area contributed by atoms with Gasteiger partial charge in [-0.15, -0.1) is 0 Å². The zero-order chi connectivity index (χ0) is 12.2. The molecule has 0 atom stereocenters. The van der Waals surface area contributed by atoms with Gasteiger partial charge in [-0.2, -0.15) is 0 Å². The molecule has 0 radical (unpaired) electrons. The maximum atomic E-state index is 5.91. The van der Waals surface area contributed by atoms with Gasteiger partial charge in [0.2, 0.25) is 0 Å².